The topological polar surface area (TPSA) is 46.2 Å². The summed E-state index contributed by atoms with van der Waals surface area (Å²) >= 11 is 0. The fourth-order valence-electron chi connectivity index (χ4n) is 1.09. The van der Waals surface area contributed by atoms with Crippen LogP contribution in [0.3, 0.4) is 0 Å². The average Bonchev–Trinajstić information content (AvgIpc) is 2.68. The zero-order valence-corrected chi connectivity index (χ0v) is 8.36. The third-order valence-electron chi connectivity index (χ3n) is 2.00. The maximum atomic E-state index is 10.7. The Morgan fingerprint density at radius 1 is 1.42 bits per heavy atom. The van der Waals surface area contributed by atoms with Gasteiger partial charge < -0.3 is 5.32 Å². The molecule has 1 aliphatic carbocycles. The maximum absolute atomic E-state index is 10.7. The molecule has 0 saturated heterocycles. The van der Waals surface area contributed by atoms with Gasteiger partial charge in [-0.15, -0.1) is 0 Å². The molecule has 0 atom stereocenters. The van der Waals surface area contributed by atoms with Crippen molar-refractivity contribution in [3.63, 3.8) is 0 Å². The number of nitrogens with one attached hydrogen (secondary N) is 1. The van der Waals surface area contributed by atoms with E-state index in [1.165, 1.54) is 19.1 Å². The minimum Gasteiger partial charge on any atom is -0.316 e. The minimum atomic E-state index is -2.75. The third-order valence-corrected chi connectivity index (χ3v) is 3.03. The Bertz CT molecular complexity index is 219. The van der Waals surface area contributed by atoms with Crippen LogP contribution in [0.25, 0.3) is 0 Å². The van der Waals surface area contributed by atoms with Gasteiger partial charge in [0.25, 0.3) is 0 Å². The highest BCUT2D eigenvalue weighted by Crippen LogP contribution is 2.27. The fraction of sp³-hybridized carbons (Fsp3) is 1.00. The highest BCUT2D eigenvalue weighted by molar-refractivity contribution is 7.90. The Morgan fingerprint density at radius 2 is 2.08 bits per heavy atom. The van der Waals surface area contributed by atoms with E-state index < -0.39 is 9.84 Å². The van der Waals surface area contributed by atoms with Crippen molar-refractivity contribution < 1.29 is 8.42 Å². The van der Waals surface area contributed by atoms with Gasteiger partial charge in [0.1, 0.15) is 9.84 Å². The van der Waals surface area contributed by atoms with Crippen LogP contribution in [0, 0.1) is 5.92 Å². The molecule has 1 rings (SSSR count). The maximum Gasteiger partial charge on any atom is 0.147 e. The highest BCUT2D eigenvalue weighted by Gasteiger charge is 2.19. The van der Waals surface area contributed by atoms with E-state index in [-0.39, 0.29) is 0 Å². The van der Waals surface area contributed by atoms with Crippen molar-refractivity contribution in [2.45, 2.75) is 19.3 Å². The third kappa shape index (κ3) is 5.55. The van der Waals surface area contributed by atoms with Crippen molar-refractivity contribution in [2.75, 3.05) is 25.1 Å². The van der Waals surface area contributed by atoms with Crippen molar-refractivity contribution in [1.29, 1.82) is 0 Å². The van der Waals surface area contributed by atoms with Crippen molar-refractivity contribution in [3.8, 4) is 0 Å². The normalized spacial score (nSPS) is 18.1. The Hall–Kier alpha value is -0.0900. The number of rotatable bonds is 6. The van der Waals surface area contributed by atoms with Crippen LogP contribution in [-0.2, 0) is 9.84 Å². The van der Waals surface area contributed by atoms with E-state index in [1.54, 1.807) is 0 Å². The molecule has 0 amide bonds. The second-order valence-corrected chi connectivity index (χ2v) is 5.89. The van der Waals surface area contributed by atoms with E-state index in [9.17, 15) is 8.42 Å². The van der Waals surface area contributed by atoms with Crippen molar-refractivity contribution in [1.82, 2.24) is 5.32 Å². The standard InChI is InChI=1S/C8H17NO2S/c1-12(10,11)6-2-5-9-7-8-3-4-8/h8-9H,2-7H2,1H3. The molecule has 0 aliphatic heterocycles. The van der Waals surface area contributed by atoms with E-state index in [0.29, 0.717) is 5.75 Å². The molecular formula is C8H17NO2S. The van der Waals surface area contributed by atoms with Gasteiger partial charge in [0.2, 0.25) is 0 Å². The molecule has 0 radical (unpaired) electrons. The lowest BCUT2D eigenvalue weighted by Gasteiger charge is -2.01. The molecule has 1 aliphatic rings. The van der Waals surface area contributed by atoms with Crippen LogP contribution in [0.4, 0.5) is 0 Å². The fourth-order valence-corrected chi connectivity index (χ4v) is 1.76. The van der Waals surface area contributed by atoms with Gasteiger partial charge in [0.05, 0.1) is 5.75 Å². The summed E-state index contributed by atoms with van der Waals surface area (Å²) in [6, 6.07) is 0. The lowest BCUT2D eigenvalue weighted by Crippen LogP contribution is -2.20. The lowest BCUT2D eigenvalue weighted by atomic mass is 10.4. The van der Waals surface area contributed by atoms with Crippen LogP contribution in [0.1, 0.15) is 19.3 Å². The average molecular weight is 191 g/mol. The monoisotopic (exact) mass is 191 g/mol. The SMILES string of the molecule is CS(=O)(=O)CCCNCC1CC1. The quantitative estimate of drug-likeness (QED) is 0.619. The molecule has 0 bridgehead atoms. The molecule has 0 aromatic rings. The van der Waals surface area contributed by atoms with Crippen LogP contribution >= 0.6 is 0 Å². The van der Waals surface area contributed by atoms with Gasteiger partial charge in [-0.05, 0) is 38.3 Å². The number of hydrogen-bond donors (Lipinski definition) is 1. The molecule has 1 fully saturated rings. The predicted molar refractivity (Wildman–Crippen MR) is 49.9 cm³/mol. The molecule has 4 heteroatoms. The van der Waals surface area contributed by atoms with Gasteiger partial charge >= 0.3 is 0 Å². The molecule has 0 unspecified atom stereocenters. The van der Waals surface area contributed by atoms with Crippen molar-refractivity contribution in [2.24, 2.45) is 5.92 Å². The molecule has 1 N–H and O–H groups in total. The van der Waals surface area contributed by atoms with Crippen LogP contribution in [-0.4, -0.2) is 33.5 Å². The van der Waals surface area contributed by atoms with Crippen LogP contribution in [0.2, 0.25) is 0 Å². The highest BCUT2D eigenvalue weighted by atomic mass is 32.2. The molecule has 0 aromatic carbocycles. The van der Waals surface area contributed by atoms with Gasteiger partial charge in [-0.1, -0.05) is 0 Å². The Kier molecular flexibility index (Phi) is 3.53. The second-order valence-electron chi connectivity index (χ2n) is 3.63. The summed E-state index contributed by atoms with van der Waals surface area (Å²) < 4.78 is 21.4. The Balaban J connectivity index is 1.88. The van der Waals surface area contributed by atoms with Gasteiger partial charge in [-0.25, -0.2) is 8.42 Å². The minimum absolute atomic E-state index is 0.310. The van der Waals surface area contributed by atoms with Crippen molar-refractivity contribution >= 4 is 9.84 Å². The van der Waals surface area contributed by atoms with Crippen LogP contribution in [0.5, 0.6) is 0 Å². The zero-order valence-electron chi connectivity index (χ0n) is 7.54. The van der Waals surface area contributed by atoms with Gasteiger partial charge in [-0.2, -0.15) is 0 Å². The van der Waals surface area contributed by atoms with Crippen LogP contribution in [0.15, 0.2) is 0 Å². The molecule has 0 heterocycles. The molecular weight excluding hydrogens is 174 g/mol. The largest absolute Gasteiger partial charge is 0.316 e. The van der Waals surface area contributed by atoms with Crippen molar-refractivity contribution in [3.05, 3.63) is 0 Å². The van der Waals surface area contributed by atoms with Crippen LogP contribution < -0.4 is 5.32 Å². The second kappa shape index (κ2) is 4.23. The summed E-state index contributed by atoms with van der Waals surface area (Å²) in [6.45, 7) is 1.91. The molecule has 3 nitrogen and oxygen atoms in total. The first kappa shape index (κ1) is 9.99. The first-order chi connectivity index (χ1) is 5.58. The summed E-state index contributed by atoms with van der Waals surface area (Å²) in [5, 5.41) is 3.26. The van der Waals surface area contributed by atoms with E-state index >= 15 is 0 Å². The lowest BCUT2D eigenvalue weighted by molar-refractivity contribution is 0.590. The zero-order chi connectivity index (χ0) is 9.03. The van der Waals surface area contributed by atoms with Gasteiger partial charge in [-0.3, -0.25) is 0 Å². The van der Waals surface area contributed by atoms with E-state index in [1.807, 2.05) is 0 Å². The first-order valence-electron chi connectivity index (χ1n) is 4.46. The van der Waals surface area contributed by atoms with Gasteiger partial charge in [0, 0.05) is 6.26 Å². The van der Waals surface area contributed by atoms with Gasteiger partial charge in [0.15, 0.2) is 0 Å². The molecule has 0 spiro atoms. The smallest absolute Gasteiger partial charge is 0.147 e. The summed E-state index contributed by atoms with van der Waals surface area (Å²) in [5.41, 5.74) is 0. The summed E-state index contributed by atoms with van der Waals surface area (Å²) in [6.07, 6.45) is 4.72. The van der Waals surface area contributed by atoms with E-state index in [4.69, 9.17) is 0 Å². The Labute approximate surface area is 74.5 Å². The summed E-state index contributed by atoms with van der Waals surface area (Å²) in [5.74, 6) is 1.19. The molecule has 1 saturated carbocycles. The summed E-state index contributed by atoms with van der Waals surface area (Å²) in [7, 11) is -2.75. The summed E-state index contributed by atoms with van der Waals surface area (Å²) in [4.78, 5) is 0. The molecule has 12 heavy (non-hydrogen) atoms. The number of hydrogen-bond acceptors (Lipinski definition) is 3. The van der Waals surface area contributed by atoms with E-state index in [0.717, 1.165) is 25.4 Å². The molecule has 72 valence electrons. The van der Waals surface area contributed by atoms with E-state index in [2.05, 4.69) is 5.32 Å². The number of sulfone groups is 1. The first-order valence-corrected chi connectivity index (χ1v) is 6.52. The molecule has 0 aromatic heterocycles. The Morgan fingerprint density at radius 3 is 2.58 bits per heavy atom. The predicted octanol–water partition coefficient (Wildman–Crippen LogP) is 0.421.